The molecule has 0 saturated heterocycles. The lowest BCUT2D eigenvalue weighted by Gasteiger charge is -2.16. The van der Waals surface area contributed by atoms with Crippen molar-refractivity contribution in [2.75, 3.05) is 19.6 Å². The van der Waals surface area contributed by atoms with E-state index >= 15 is 0 Å². The van der Waals surface area contributed by atoms with E-state index in [1.165, 1.54) is 0 Å². The molecule has 0 aliphatic carbocycles. The Hall–Kier alpha value is -0.740. The van der Waals surface area contributed by atoms with E-state index in [9.17, 15) is 4.79 Å². The molecule has 0 aliphatic heterocycles. The van der Waals surface area contributed by atoms with E-state index in [4.69, 9.17) is 0 Å². The van der Waals surface area contributed by atoms with Crippen molar-refractivity contribution in [1.29, 1.82) is 0 Å². The maximum Gasteiger partial charge on any atom is 0.169 e. The first kappa shape index (κ1) is 11.3. The van der Waals surface area contributed by atoms with E-state index in [0.29, 0.717) is 5.69 Å². The maximum atomic E-state index is 10.4. The van der Waals surface area contributed by atoms with E-state index < -0.39 is 0 Å². The molecule has 0 aliphatic rings. The molecule has 0 N–H and O–H groups in total. The molecular weight excluding hydrogens is 196 g/mol. The van der Waals surface area contributed by atoms with Crippen LogP contribution in [-0.4, -0.2) is 35.8 Å². The van der Waals surface area contributed by atoms with Crippen LogP contribution >= 0.6 is 11.3 Å². The highest BCUT2D eigenvalue weighted by Gasteiger charge is 2.03. The maximum absolute atomic E-state index is 10.4. The highest BCUT2D eigenvalue weighted by molar-refractivity contribution is 7.09. The van der Waals surface area contributed by atoms with Crippen LogP contribution in [0.2, 0.25) is 0 Å². The molecule has 0 saturated carbocycles. The smallest absolute Gasteiger partial charge is 0.169 e. The minimum absolute atomic E-state index is 0.560. The molecule has 0 unspecified atom stereocenters. The molecule has 0 bridgehead atoms. The molecule has 0 fully saturated rings. The van der Waals surface area contributed by atoms with Gasteiger partial charge in [-0.3, -0.25) is 4.79 Å². The summed E-state index contributed by atoms with van der Waals surface area (Å²) in [6.45, 7) is 7.48. The molecule has 1 aromatic rings. The zero-order valence-electron chi connectivity index (χ0n) is 8.69. The molecule has 0 radical (unpaired) electrons. The van der Waals surface area contributed by atoms with E-state index in [0.717, 1.165) is 37.3 Å². The van der Waals surface area contributed by atoms with Gasteiger partial charge in [0.1, 0.15) is 5.69 Å². The molecule has 14 heavy (non-hydrogen) atoms. The second kappa shape index (κ2) is 5.88. The lowest BCUT2D eigenvalue weighted by atomic mass is 10.4. The van der Waals surface area contributed by atoms with Crippen molar-refractivity contribution in [2.24, 2.45) is 0 Å². The second-order valence-corrected chi connectivity index (χ2v) is 4.00. The molecule has 0 spiro atoms. The minimum atomic E-state index is 0.560. The fourth-order valence-corrected chi connectivity index (χ4v) is 2.02. The number of rotatable bonds is 6. The Morgan fingerprint density at radius 2 is 2.21 bits per heavy atom. The van der Waals surface area contributed by atoms with Crippen molar-refractivity contribution in [3.63, 3.8) is 0 Å². The first-order valence-corrected chi connectivity index (χ1v) is 5.80. The van der Waals surface area contributed by atoms with E-state index in [1.54, 1.807) is 11.3 Å². The van der Waals surface area contributed by atoms with Crippen LogP contribution in [0, 0.1) is 0 Å². The summed E-state index contributed by atoms with van der Waals surface area (Å²) in [6.07, 6.45) is 1.75. The third kappa shape index (κ3) is 3.20. The molecule has 0 atom stereocenters. The van der Waals surface area contributed by atoms with Gasteiger partial charge in [-0.05, 0) is 13.1 Å². The fraction of sp³-hybridized carbons (Fsp3) is 0.600. The molecule has 3 nitrogen and oxygen atoms in total. The van der Waals surface area contributed by atoms with Crippen LogP contribution in [0.4, 0.5) is 0 Å². The highest BCUT2D eigenvalue weighted by Crippen LogP contribution is 2.09. The number of hydrogen-bond donors (Lipinski definition) is 0. The molecular formula is C10H16N2OS. The van der Waals surface area contributed by atoms with Crippen molar-refractivity contribution >= 4 is 17.6 Å². The minimum Gasteiger partial charge on any atom is -0.303 e. The Kier molecular flexibility index (Phi) is 4.76. The van der Waals surface area contributed by atoms with Crippen LogP contribution in [0.25, 0.3) is 0 Å². The van der Waals surface area contributed by atoms with Gasteiger partial charge in [-0.1, -0.05) is 13.8 Å². The van der Waals surface area contributed by atoms with Gasteiger partial charge in [0.05, 0.1) is 5.01 Å². The first-order chi connectivity index (χ1) is 6.80. The first-order valence-electron chi connectivity index (χ1n) is 4.92. The normalized spacial score (nSPS) is 10.8. The van der Waals surface area contributed by atoms with E-state index in [2.05, 4.69) is 23.7 Å². The summed E-state index contributed by atoms with van der Waals surface area (Å²) >= 11 is 1.57. The summed E-state index contributed by atoms with van der Waals surface area (Å²) in [6, 6.07) is 0. The number of carbonyl (C=O) groups excluding carboxylic acids is 1. The number of nitrogens with zero attached hydrogens (tertiary/aromatic N) is 2. The van der Waals surface area contributed by atoms with Gasteiger partial charge < -0.3 is 4.90 Å². The van der Waals surface area contributed by atoms with Crippen LogP contribution in [-0.2, 0) is 6.42 Å². The number of thiazole rings is 1. The average Bonchev–Trinajstić information content (AvgIpc) is 2.67. The Morgan fingerprint density at radius 3 is 2.71 bits per heavy atom. The lowest BCUT2D eigenvalue weighted by Crippen LogP contribution is -2.25. The summed E-state index contributed by atoms with van der Waals surface area (Å²) in [7, 11) is 0. The van der Waals surface area contributed by atoms with Gasteiger partial charge >= 0.3 is 0 Å². The number of aromatic nitrogens is 1. The summed E-state index contributed by atoms with van der Waals surface area (Å²) in [5.41, 5.74) is 0.560. The van der Waals surface area contributed by atoms with Crippen LogP contribution in [0.3, 0.4) is 0 Å². The summed E-state index contributed by atoms with van der Waals surface area (Å²) in [5, 5.41) is 2.86. The zero-order chi connectivity index (χ0) is 10.4. The average molecular weight is 212 g/mol. The van der Waals surface area contributed by atoms with Gasteiger partial charge in [0.2, 0.25) is 0 Å². The lowest BCUT2D eigenvalue weighted by molar-refractivity contribution is 0.111. The van der Waals surface area contributed by atoms with Gasteiger partial charge in [-0.2, -0.15) is 0 Å². The van der Waals surface area contributed by atoms with Gasteiger partial charge in [0.15, 0.2) is 6.29 Å². The summed E-state index contributed by atoms with van der Waals surface area (Å²) in [4.78, 5) is 16.9. The topological polar surface area (TPSA) is 33.2 Å². The zero-order valence-corrected chi connectivity index (χ0v) is 9.51. The second-order valence-electron chi connectivity index (χ2n) is 3.06. The number of likely N-dealkylation sites (N-methyl/N-ethyl adjacent to an activating group) is 1. The van der Waals surface area contributed by atoms with Crippen molar-refractivity contribution in [2.45, 2.75) is 20.3 Å². The Bertz CT molecular complexity index is 281. The van der Waals surface area contributed by atoms with Crippen molar-refractivity contribution in [1.82, 2.24) is 9.88 Å². The molecule has 0 amide bonds. The third-order valence-electron chi connectivity index (χ3n) is 2.23. The number of hydrogen-bond acceptors (Lipinski definition) is 4. The summed E-state index contributed by atoms with van der Waals surface area (Å²) in [5.74, 6) is 0. The van der Waals surface area contributed by atoms with Crippen LogP contribution in [0.1, 0.15) is 29.3 Å². The Balaban J connectivity index is 2.40. The SMILES string of the molecule is CCN(CC)CCc1nc(C=O)cs1. The number of aldehydes is 1. The molecule has 1 heterocycles. The Morgan fingerprint density at radius 1 is 1.50 bits per heavy atom. The Labute approximate surface area is 88.8 Å². The van der Waals surface area contributed by atoms with Crippen molar-refractivity contribution < 1.29 is 4.79 Å². The summed E-state index contributed by atoms with van der Waals surface area (Å²) < 4.78 is 0. The largest absolute Gasteiger partial charge is 0.303 e. The van der Waals surface area contributed by atoms with Gasteiger partial charge in [0, 0.05) is 18.3 Å². The van der Waals surface area contributed by atoms with E-state index in [-0.39, 0.29) is 0 Å². The standard InChI is InChI=1S/C10H16N2OS/c1-3-12(4-2)6-5-10-11-9(7-13)8-14-10/h7-8H,3-6H2,1-2H3. The highest BCUT2D eigenvalue weighted by atomic mass is 32.1. The predicted octanol–water partition coefficient (Wildman–Crippen LogP) is 1.84. The quantitative estimate of drug-likeness (QED) is 0.675. The molecule has 1 aromatic heterocycles. The number of carbonyl (C=O) groups is 1. The molecule has 4 heteroatoms. The van der Waals surface area contributed by atoms with Crippen molar-refractivity contribution in [3.8, 4) is 0 Å². The monoisotopic (exact) mass is 212 g/mol. The van der Waals surface area contributed by atoms with Crippen LogP contribution < -0.4 is 0 Å². The van der Waals surface area contributed by atoms with E-state index in [1.807, 2.05) is 5.38 Å². The fourth-order valence-electron chi connectivity index (χ4n) is 1.29. The van der Waals surface area contributed by atoms with Gasteiger partial charge in [-0.25, -0.2) is 4.98 Å². The third-order valence-corrected chi connectivity index (χ3v) is 3.15. The van der Waals surface area contributed by atoms with Crippen LogP contribution in [0.15, 0.2) is 5.38 Å². The van der Waals surface area contributed by atoms with Gasteiger partial charge in [0.25, 0.3) is 0 Å². The van der Waals surface area contributed by atoms with Crippen LogP contribution in [0.5, 0.6) is 0 Å². The predicted molar refractivity (Wildman–Crippen MR) is 59.0 cm³/mol. The molecule has 1 rings (SSSR count). The van der Waals surface area contributed by atoms with Gasteiger partial charge in [-0.15, -0.1) is 11.3 Å². The molecule has 78 valence electrons. The molecule has 0 aromatic carbocycles. The van der Waals surface area contributed by atoms with Crippen molar-refractivity contribution in [3.05, 3.63) is 16.1 Å².